The van der Waals surface area contributed by atoms with Crippen molar-refractivity contribution in [3.63, 3.8) is 0 Å². The van der Waals surface area contributed by atoms with Gasteiger partial charge in [-0.1, -0.05) is 36.7 Å². The highest BCUT2D eigenvalue weighted by Gasteiger charge is 2.20. The maximum Gasteiger partial charge on any atom is 0.358 e. The second-order valence-electron chi connectivity index (χ2n) is 5.19. The predicted octanol–water partition coefficient (Wildman–Crippen LogP) is 3.02. The van der Waals surface area contributed by atoms with E-state index in [9.17, 15) is 9.18 Å². The van der Waals surface area contributed by atoms with Gasteiger partial charge in [0, 0.05) is 0 Å². The Kier molecular flexibility index (Phi) is 4.57. The van der Waals surface area contributed by atoms with Crippen molar-refractivity contribution in [2.24, 2.45) is 5.92 Å². The molecule has 0 saturated carbocycles. The molecule has 21 heavy (non-hydrogen) atoms. The number of hydrogen-bond acceptors (Lipinski definition) is 3. The summed E-state index contributed by atoms with van der Waals surface area (Å²) in [7, 11) is 0. The van der Waals surface area contributed by atoms with Crippen molar-refractivity contribution >= 4 is 17.6 Å². The van der Waals surface area contributed by atoms with E-state index in [4.69, 9.17) is 16.7 Å². The molecule has 0 amide bonds. The van der Waals surface area contributed by atoms with Crippen molar-refractivity contribution in [3.05, 3.63) is 46.0 Å². The van der Waals surface area contributed by atoms with E-state index < -0.39 is 11.8 Å². The summed E-state index contributed by atoms with van der Waals surface area (Å²) in [6, 6.07) is 4.44. The van der Waals surface area contributed by atoms with Crippen LogP contribution in [-0.2, 0) is 13.0 Å². The van der Waals surface area contributed by atoms with Gasteiger partial charge in [-0.3, -0.25) is 0 Å². The predicted molar refractivity (Wildman–Crippen MR) is 76.0 cm³/mol. The van der Waals surface area contributed by atoms with Crippen LogP contribution < -0.4 is 0 Å². The lowest BCUT2D eigenvalue weighted by molar-refractivity contribution is 0.0689. The average Bonchev–Trinajstić information content (AvgIpc) is 2.76. The third kappa shape index (κ3) is 3.58. The molecule has 1 N–H and O–H groups in total. The molecule has 0 aliphatic heterocycles. The SMILES string of the molecule is CC(C)Cc1c(C(=O)O)nnn1Cc1ccc(Cl)c(F)c1. The van der Waals surface area contributed by atoms with Gasteiger partial charge in [-0.25, -0.2) is 13.9 Å². The van der Waals surface area contributed by atoms with Crippen molar-refractivity contribution in [3.8, 4) is 0 Å². The fourth-order valence-electron chi connectivity index (χ4n) is 2.03. The monoisotopic (exact) mass is 311 g/mol. The Bertz CT molecular complexity index is 670. The van der Waals surface area contributed by atoms with Gasteiger partial charge in [0.2, 0.25) is 0 Å². The Morgan fingerprint density at radius 3 is 2.76 bits per heavy atom. The number of aromatic carboxylic acids is 1. The van der Waals surface area contributed by atoms with Crippen LogP contribution in [0.3, 0.4) is 0 Å². The Hall–Kier alpha value is -1.95. The molecule has 0 radical (unpaired) electrons. The van der Waals surface area contributed by atoms with Crippen LogP contribution in [0.2, 0.25) is 5.02 Å². The smallest absolute Gasteiger partial charge is 0.358 e. The van der Waals surface area contributed by atoms with Crippen LogP contribution in [0.25, 0.3) is 0 Å². The largest absolute Gasteiger partial charge is 0.476 e. The third-order valence-corrected chi connectivity index (χ3v) is 3.26. The summed E-state index contributed by atoms with van der Waals surface area (Å²) in [5.41, 5.74) is 1.12. The number of hydrogen-bond donors (Lipinski definition) is 1. The molecule has 0 saturated heterocycles. The van der Waals surface area contributed by atoms with Gasteiger partial charge in [-0.2, -0.15) is 0 Å². The van der Waals surface area contributed by atoms with E-state index in [-0.39, 0.29) is 23.2 Å². The first-order valence-electron chi connectivity index (χ1n) is 6.48. The molecule has 1 heterocycles. The van der Waals surface area contributed by atoms with Crippen molar-refractivity contribution in [2.75, 3.05) is 0 Å². The van der Waals surface area contributed by atoms with Gasteiger partial charge < -0.3 is 5.11 Å². The number of halogens is 2. The first-order chi connectivity index (χ1) is 9.88. The average molecular weight is 312 g/mol. The number of aromatic nitrogens is 3. The van der Waals surface area contributed by atoms with Crippen LogP contribution in [0.1, 0.15) is 35.6 Å². The molecule has 0 fully saturated rings. The fraction of sp³-hybridized carbons (Fsp3) is 0.357. The molecule has 7 heteroatoms. The van der Waals surface area contributed by atoms with E-state index in [0.29, 0.717) is 17.7 Å². The molecule has 0 unspecified atom stereocenters. The van der Waals surface area contributed by atoms with Gasteiger partial charge in [0.15, 0.2) is 5.69 Å². The number of carbonyl (C=O) groups is 1. The second-order valence-corrected chi connectivity index (χ2v) is 5.60. The maximum atomic E-state index is 13.5. The molecular weight excluding hydrogens is 297 g/mol. The minimum Gasteiger partial charge on any atom is -0.476 e. The van der Waals surface area contributed by atoms with Gasteiger partial charge in [0.05, 0.1) is 17.3 Å². The quantitative estimate of drug-likeness (QED) is 0.921. The lowest BCUT2D eigenvalue weighted by atomic mass is 10.1. The zero-order chi connectivity index (χ0) is 15.6. The zero-order valence-corrected chi connectivity index (χ0v) is 12.4. The number of carboxylic acids is 1. The Balaban J connectivity index is 2.34. The number of rotatable bonds is 5. The van der Waals surface area contributed by atoms with E-state index >= 15 is 0 Å². The molecular formula is C14H15ClFN3O2. The number of nitrogens with zero attached hydrogens (tertiary/aromatic N) is 3. The molecule has 0 aliphatic carbocycles. The first-order valence-corrected chi connectivity index (χ1v) is 6.86. The third-order valence-electron chi connectivity index (χ3n) is 2.96. The Labute approximate surface area is 126 Å². The highest BCUT2D eigenvalue weighted by atomic mass is 35.5. The summed E-state index contributed by atoms with van der Waals surface area (Å²) >= 11 is 5.64. The highest BCUT2D eigenvalue weighted by Crippen LogP contribution is 2.18. The van der Waals surface area contributed by atoms with E-state index in [1.165, 1.54) is 16.8 Å². The zero-order valence-electron chi connectivity index (χ0n) is 11.7. The van der Waals surface area contributed by atoms with Crippen LogP contribution in [0, 0.1) is 11.7 Å². The summed E-state index contributed by atoms with van der Waals surface area (Å²) in [5.74, 6) is -1.38. The van der Waals surface area contributed by atoms with Crippen LogP contribution in [0.5, 0.6) is 0 Å². The van der Waals surface area contributed by atoms with Crippen molar-refractivity contribution in [2.45, 2.75) is 26.8 Å². The highest BCUT2D eigenvalue weighted by molar-refractivity contribution is 6.30. The van der Waals surface area contributed by atoms with Crippen LogP contribution >= 0.6 is 11.6 Å². The van der Waals surface area contributed by atoms with Gasteiger partial charge >= 0.3 is 5.97 Å². The first kappa shape index (κ1) is 15.4. The maximum absolute atomic E-state index is 13.5. The van der Waals surface area contributed by atoms with E-state index in [1.807, 2.05) is 13.8 Å². The normalized spacial score (nSPS) is 11.1. The number of benzene rings is 1. The Morgan fingerprint density at radius 1 is 1.48 bits per heavy atom. The summed E-state index contributed by atoms with van der Waals surface area (Å²) in [6.45, 7) is 4.20. The standard InChI is InChI=1S/C14H15ClFN3O2/c1-8(2)5-12-13(14(20)21)17-18-19(12)7-9-3-4-10(15)11(16)6-9/h3-4,6,8H,5,7H2,1-2H3,(H,20,21). The van der Waals surface area contributed by atoms with E-state index in [2.05, 4.69) is 10.3 Å². The molecule has 0 aliphatic rings. The molecule has 112 valence electrons. The minimum absolute atomic E-state index is 0.0472. The lowest BCUT2D eigenvalue weighted by Crippen LogP contribution is -2.12. The summed E-state index contributed by atoms with van der Waals surface area (Å²) in [6.07, 6.45) is 0.532. The van der Waals surface area contributed by atoms with Gasteiger partial charge in [0.1, 0.15) is 5.82 Å². The second kappa shape index (κ2) is 6.22. The van der Waals surface area contributed by atoms with E-state index in [1.54, 1.807) is 6.07 Å². The summed E-state index contributed by atoms with van der Waals surface area (Å²) in [4.78, 5) is 11.2. The van der Waals surface area contributed by atoms with Gasteiger partial charge in [0.25, 0.3) is 0 Å². The molecule has 0 bridgehead atoms. The summed E-state index contributed by atoms with van der Waals surface area (Å²) < 4.78 is 14.9. The van der Waals surface area contributed by atoms with E-state index in [0.717, 1.165) is 0 Å². The van der Waals surface area contributed by atoms with Crippen LogP contribution in [0.4, 0.5) is 4.39 Å². The van der Waals surface area contributed by atoms with Crippen molar-refractivity contribution in [1.82, 2.24) is 15.0 Å². The molecule has 1 aromatic carbocycles. The Morgan fingerprint density at radius 2 is 2.19 bits per heavy atom. The molecule has 2 aromatic rings. The molecule has 0 atom stereocenters. The topological polar surface area (TPSA) is 68.0 Å². The van der Waals surface area contributed by atoms with Gasteiger partial charge in [-0.05, 0) is 30.0 Å². The molecule has 2 rings (SSSR count). The van der Waals surface area contributed by atoms with Crippen molar-refractivity contribution in [1.29, 1.82) is 0 Å². The fourth-order valence-corrected chi connectivity index (χ4v) is 2.14. The number of carboxylic acid groups (broad SMARTS) is 1. The van der Waals surface area contributed by atoms with Gasteiger partial charge in [-0.15, -0.1) is 5.10 Å². The molecule has 5 nitrogen and oxygen atoms in total. The van der Waals surface area contributed by atoms with Crippen LogP contribution in [-0.4, -0.2) is 26.1 Å². The van der Waals surface area contributed by atoms with Crippen molar-refractivity contribution < 1.29 is 14.3 Å². The summed E-state index contributed by atoms with van der Waals surface area (Å²) in [5, 5.41) is 16.8. The minimum atomic E-state index is -1.11. The van der Waals surface area contributed by atoms with Crippen LogP contribution in [0.15, 0.2) is 18.2 Å². The molecule has 0 spiro atoms. The molecule has 1 aromatic heterocycles. The lowest BCUT2D eigenvalue weighted by Gasteiger charge is -2.09.